The van der Waals surface area contributed by atoms with Gasteiger partial charge in [0.25, 0.3) is 10.0 Å². The van der Waals surface area contributed by atoms with Crippen molar-refractivity contribution >= 4 is 38.9 Å². The molecule has 2 aromatic rings. The first-order chi connectivity index (χ1) is 9.03. The molecular formula is C13H11Cl2NO2S. The van der Waals surface area contributed by atoms with Crippen molar-refractivity contribution in [2.75, 3.05) is 4.72 Å². The Morgan fingerprint density at radius 3 is 2.21 bits per heavy atom. The molecule has 0 spiro atoms. The van der Waals surface area contributed by atoms with Crippen LogP contribution in [0.4, 0.5) is 5.69 Å². The van der Waals surface area contributed by atoms with Gasteiger partial charge in [-0.2, -0.15) is 0 Å². The number of benzene rings is 2. The lowest BCUT2D eigenvalue weighted by atomic mass is 10.2. The quantitative estimate of drug-likeness (QED) is 0.870. The average Bonchev–Trinajstić information content (AvgIpc) is 2.39. The molecule has 0 fully saturated rings. The molecule has 0 unspecified atom stereocenters. The van der Waals surface area contributed by atoms with Crippen molar-refractivity contribution in [3.05, 3.63) is 59.1 Å². The van der Waals surface area contributed by atoms with E-state index in [4.69, 9.17) is 23.2 Å². The molecule has 6 heteroatoms. The maximum absolute atomic E-state index is 12.2. The number of rotatable bonds is 4. The van der Waals surface area contributed by atoms with E-state index in [1.807, 2.05) is 0 Å². The van der Waals surface area contributed by atoms with Crippen molar-refractivity contribution in [2.24, 2.45) is 0 Å². The van der Waals surface area contributed by atoms with Gasteiger partial charge in [-0.1, -0.05) is 35.9 Å². The van der Waals surface area contributed by atoms with Gasteiger partial charge in [0.1, 0.15) is 4.90 Å². The number of anilines is 1. The molecule has 0 radical (unpaired) electrons. The molecular weight excluding hydrogens is 305 g/mol. The molecule has 0 atom stereocenters. The monoisotopic (exact) mass is 315 g/mol. The Morgan fingerprint density at radius 1 is 1.00 bits per heavy atom. The summed E-state index contributed by atoms with van der Waals surface area (Å²) in [5.41, 5.74) is 1.39. The highest BCUT2D eigenvalue weighted by Gasteiger charge is 2.17. The summed E-state index contributed by atoms with van der Waals surface area (Å²) >= 11 is 11.6. The summed E-state index contributed by atoms with van der Waals surface area (Å²) in [4.78, 5) is 0.0538. The number of hydrogen-bond acceptors (Lipinski definition) is 2. The van der Waals surface area contributed by atoms with Gasteiger partial charge in [-0.25, -0.2) is 8.42 Å². The minimum absolute atomic E-state index is 0.0538. The third kappa shape index (κ3) is 3.41. The van der Waals surface area contributed by atoms with Gasteiger partial charge >= 0.3 is 0 Å². The molecule has 0 saturated carbocycles. The second-order valence-electron chi connectivity index (χ2n) is 3.87. The minimum Gasteiger partial charge on any atom is -0.280 e. The van der Waals surface area contributed by atoms with E-state index < -0.39 is 10.0 Å². The van der Waals surface area contributed by atoms with E-state index >= 15 is 0 Å². The molecule has 0 heterocycles. The third-order valence-electron chi connectivity index (χ3n) is 2.49. The van der Waals surface area contributed by atoms with Crippen LogP contribution in [0.15, 0.2) is 53.4 Å². The van der Waals surface area contributed by atoms with Gasteiger partial charge in [0, 0.05) is 11.6 Å². The average molecular weight is 316 g/mol. The topological polar surface area (TPSA) is 46.2 Å². The van der Waals surface area contributed by atoms with Gasteiger partial charge in [0.05, 0.1) is 5.02 Å². The van der Waals surface area contributed by atoms with E-state index in [0.29, 0.717) is 11.6 Å². The van der Waals surface area contributed by atoms with Crippen LogP contribution < -0.4 is 4.72 Å². The number of sulfonamides is 1. The number of nitrogens with one attached hydrogen (secondary N) is 1. The summed E-state index contributed by atoms with van der Waals surface area (Å²) in [6, 6.07) is 13.1. The van der Waals surface area contributed by atoms with Gasteiger partial charge in [0.2, 0.25) is 0 Å². The second-order valence-corrected chi connectivity index (χ2v) is 6.19. The molecule has 0 amide bonds. The Labute approximate surface area is 122 Å². The lowest BCUT2D eigenvalue weighted by Crippen LogP contribution is -2.13. The highest BCUT2D eigenvalue weighted by Crippen LogP contribution is 2.23. The predicted octanol–water partition coefficient (Wildman–Crippen LogP) is 3.88. The van der Waals surface area contributed by atoms with E-state index in [0.717, 1.165) is 5.56 Å². The molecule has 2 rings (SSSR count). The maximum atomic E-state index is 12.2. The van der Waals surface area contributed by atoms with Gasteiger partial charge in [-0.05, 0) is 29.8 Å². The predicted molar refractivity (Wildman–Crippen MR) is 78.3 cm³/mol. The van der Waals surface area contributed by atoms with E-state index in [1.54, 1.807) is 36.4 Å². The number of hydrogen-bond donors (Lipinski definition) is 1. The fourth-order valence-electron chi connectivity index (χ4n) is 1.53. The Kier molecular flexibility index (Phi) is 4.34. The fourth-order valence-corrected chi connectivity index (χ4v) is 3.29. The molecule has 19 heavy (non-hydrogen) atoms. The summed E-state index contributed by atoms with van der Waals surface area (Å²) < 4.78 is 26.8. The second kappa shape index (κ2) is 5.82. The highest BCUT2D eigenvalue weighted by molar-refractivity contribution is 7.92. The Balaban J connectivity index is 2.28. The molecule has 0 bridgehead atoms. The molecule has 0 aromatic heterocycles. The minimum atomic E-state index is -3.68. The Morgan fingerprint density at radius 2 is 1.63 bits per heavy atom. The summed E-state index contributed by atoms with van der Waals surface area (Å²) in [7, 11) is -3.68. The number of alkyl halides is 1. The van der Waals surface area contributed by atoms with Crippen molar-refractivity contribution in [1.29, 1.82) is 0 Å². The molecule has 0 aliphatic rings. The van der Waals surface area contributed by atoms with Gasteiger partial charge in [0.15, 0.2) is 0 Å². The molecule has 3 nitrogen and oxygen atoms in total. The van der Waals surface area contributed by atoms with E-state index in [9.17, 15) is 8.42 Å². The van der Waals surface area contributed by atoms with Crippen LogP contribution >= 0.6 is 23.2 Å². The molecule has 1 N–H and O–H groups in total. The van der Waals surface area contributed by atoms with Crippen LogP contribution in [0.2, 0.25) is 5.02 Å². The van der Waals surface area contributed by atoms with Crippen molar-refractivity contribution in [1.82, 2.24) is 0 Å². The highest BCUT2D eigenvalue weighted by atomic mass is 35.5. The Hall–Kier alpha value is -1.23. The molecule has 0 aliphatic heterocycles. The first-order valence-corrected chi connectivity index (χ1v) is 7.85. The summed E-state index contributed by atoms with van der Waals surface area (Å²) in [5, 5.41) is 0.187. The van der Waals surface area contributed by atoms with Crippen molar-refractivity contribution in [2.45, 2.75) is 10.8 Å². The zero-order valence-electron chi connectivity index (χ0n) is 9.81. The lowest BCUT2D eigenvalue weighted by molar-refractivity contribution is 0.601. The van der Waals surface area contributed by atoms with E-state index in [-0.39, 0.29) is 9.92 Å². The Bertz CT molecular complexity index is 669. The summed E-state index contributed by atoms with van der Waals surface area (Å²) in [6.07, 6.45) is 0. The van der Waals surface area contributed by atoms with Crippen molar-refractivity contribution < 1.29 is 8.42 Å². The molecule has 0 aliphatic carbocycles. The smallest absolute Gasteiger partial charge is 0.263 e. The molecule has 100 valence electrons. The summed E-state index contributed by atoms with van der Waals surface area (Å²) in [6.45, 7) is 0. The van der Waals surface area contributed by atoms with E-state index in [2.05, 4.69) is 4.72 Å². The van der Waals surface area contributed by atoms with Crippen LogP contribution in [0.25, 0.3) is 0 Å². The first kappa shape index (κ1) is 14.2. The van der Waals surface area contributed by atoms with Crippen LogP contribution in [0.3, 0.4) is 0 Å². The van der Waals surface area contributed by atoms with Gasteiger partial charge < -0.3 is 0 Å². The van der Waals surface area contributed by atoms with Gasteiger partial charge in [-0.3, -0.25) is 4.72 Å². The van der Waals surface area contributed by atoms with Crippen LogP contribution in [0, 0.1) is 0 Å². The standard InChI is InChI=1S/C13H11Cl2NO2S/c14-9-10-5-7-11(8-6-10)16-19(17,18)13-4-2-1-3-12(13)15/h1-8,16H,9H2. The van der Waals surface area contributed by atoms with Crippen LogP contribution in [0.5, 0.6) is 0 Å². The fraction of sp³-hybridized carbons (Fsp3) is 0.0769. The molecule has 2 aromatic carbocycles. The van der Waals surface area contributed by atoms with Gasteiger partial charge in [-0.15, -0.1) is 11.6 Å². The normalized spacial score (nSPS) is 11.3. The third-order valence-corrected chi connectivity index (χ3v) is 4.68. The zero-order chi connectivity index (χ0) is 13.9. The largest absolute Gasteiger partial charge is 0.280 e. The van der Waals surface area contributed by atoms with Crippen molar-refractivity contribution in [3.8, 4) is 0 Å². The van der Waals surface area contributed by atoms with Crippen LogP contribution in [0.1, 0.15) is 5.56 Å². The van der Waals surface area contributed by atoms with E-state index in [1.165, 1.54) is 12.1 Å². The van der Waals surface area contributed by atoms with Crippen LogP contribution in [-0.4, -0.2) is 8.42 Å². The lowest BCUT2D eigenvalue weighted by Gasteiger charge is -2.09. The SMILES string of the molecule is O=S(=O)(Nc1ccc(CCl)cc1)c1ccccc1Cl. The zero-order valence-corrected chi connectivity index (χ0v) is 12.1. The first-order valence-electron chi connectivity index (χ1n) is 5.45. The van der Waals surface area contributed by atoms with Crippen LogP contribution in [-0.2, 0) is 15.9 Å². The maximum Gasteiger partial charge on any atom is 0.263 e. The number of halogens is 2. The molecule has 0 saturated heterocycles. The van der Waals surface area contributed by atoms with Crippen molar-refractivity contribution in [3.63, 3.8) is 0 Å². The summed E-state index contributed by atoms with van der Waals surface area (Å²) in [5.74, 6) is 0.386.